The largest absolute Gasteiger partial charge is 0.447 e. The van der Waals surface area contributed by atoms with Crippen molar-refractivity contribution in [2.75, 3.05) is 32.8 Å². The maximum absolute atomic E-state index is 13.3. The molecule has 0 aromatic heterocycles. The molecule has 3 heterocycles. The van der Waals surface area contributed by atoms with E-state index in [1.807, 2.05) is 57.2 Å². The van der Waals surface area contributed by atoms with E-state index in [9.17, 15) is 19.2 Å². The van der Waals surface area contributed by atoms with Gasteiger partial charge in [-0.25, -0.2) is 14.5 Å². The van der Waals surface area contributed by atoms with Crippen molar-refractivity contribution >= 4 is 24.0 Å². The lowest BCUT2D eigenvalue weighted by atomic mass is 9.87. The van der Waals surface area contributed by atoms with Gasteiger partial charge in [0.05, 0.1) is 6.54 Å². The Kier molecular flexibility index (Phi) is 7.14. The third kappa shape index (κ3) is 5.66. The molecule has 3 aliphatic heterocycles. The lowest BCUT2D eigenvalue weighted by molar-refractivity contribution is -0.133. The van der Waals surface area contributed by atoms with E-state index in [4.69, 9.17) is 9.47 Å². The van der Waals surface area contributed by atoms with Crippen LogP contribution < -0.4 is 0 Å². The van der Waals surface area contributed by atoms with Crippen LogP contribution in [0.1, 0.15) is 49.5 Å². The second kappa shape index (κ2) is 10.1. The number of amides is 4. The van der Waals surface area contributed by atoms with Gasteiger partial charge < -0.3 is 19.3 Å². The molecule has 0 spiro atoms. The molecule has 35 heavy (non-hydrogen) atoms. The molecule has 2 atom stereocenters. The van der Waals surface area contributed by atoms with Gasteiger partial charge in [0.2, 0.25) is 5.91 Å². The van der Waals surface area contributed by atoms with Crippen molar-refractivity contribution in [2.45, 2.75) is 45.8 Å². The van der Waals surface area contributed by atoms with E-state index in [0.717, 1.165) is 16.0 Å². The summed E-state index contributed by atoms with van der Waals surface area (Å²) in [6.45, 7) is 7.78. The highest BCUT2D eigenvalue weighted by molar-refractivity contribution is 5.98. The first-order chi connectivity index (χ1) is 16.6. The maximum Gasteiger partial charge on any atom is 0.416 e. The number of ether oxygens (including phenoxy) is 2. The average Bonchev–Trinajstić information content (AvgIpc) is 3.52. The Morgan fingerprint density at radius 3 is 2.63 bits per heavy atom. The normalized spacial score (nSPS) is 21.0. The first-order valence-electron chi connectivity index (χ1n) is 12.1. The third-order valence-electron chi connectivity index (χ3n) is 6.57. The number of imide groups is 1. The van der Waals surface area contributed by atoms with Crippen LogP contribution in [0.5, 0.6) is 0 Å². The fourth-order valence-electron chi connectivity index (χ4n) is 4.80. The first kappa shape index (κ1) is 24.8. The Morgan fingerprint density at radius 1 is 1.17 bits per heavy atom. The van der Waals surface area contributed by atoms with Crippen LogP contribution >= 0.6 is 0 Å². The van der Waals surface area contributed by atoms with Crippen LogP contribution in [0.25, 0.3) is 0 Å². The van der Waals surface area contributed by atoms with Crippen LogP contribution in [0.3, 0.4) is 0 Å². The number of cyclic esters (lactones) is 1. The number of rotatable bonds is 6. The topological polar surface area (TPSA) is 96.5 Å². The average molecular weight is 484 g/mol. The third-order valence-corrected chi connectivity index (χ3v) is 6.57. The molecular formula is C26H33N3O6. The predicted octanol–water partition coefficient (Wildman–Crippen LogP) is 3.44. The molecule has 2 fully saturated rings. The summed E-state index contributed by atoms with van der Waals surface area (Å²) in [4.78, 5) is 55.0. The minimum Gasteiger partial charge on any atom is -0.447 e. The van der Waals surface area contributed by atoms with E-state index in [-0.39, 0.29) is 30.9 Å². The van der Waals surface area contributed by atoms with Gasteiger partial charge in [-0.2, -0.15) is 0 Å². The molecule has 0 saturated carbocycles. The minimum atomic E-state index is -0.619. The van der Waals surface area contributed by atoms with E-state index >= 15 is 0 Å². The highest BCUT2D eigenvalue weighted by Gasteiger charge is 2.41. The van der Waals surface area contributed by atoms with Crippen LogP contribution in [0.4, 0.5) is 9.59 Å². The number of benzene rings is 1. The molecule has 1 aromatic rings. The molecule has 2 saturated heterocycles. The maximum atomic E-state index is 13.3. The second-order valence-electron chi connectivity index (χ2n) is 10.2. The van der Waals surface area contributed by atoms with E-state index in [1.54, 1.807) is 9.80 Å². The molecule has 2 unspecified atom stereocenters. The second-order valence-corrected chi connectivity index (χ2v) is 10.2. The molecule has 188 valence electrons. The van der Waals surface area contributed by atoms with Crippen LogP contribution in [0.2, 0.25) is 0 Å². The van der Waals surface area contributed by atoms with E-state index in [1.165, 1.54) is 0 Å². The van der Waals surface area contributed by atoms with Gasteiger partial charge in [-0.3, -0.25) is 9.59 Å². The Morgan fingerprint density at radius 2 is 1.94 bits per heavy atom. The molecule has 9 nitrogen and oxygen atoms in total. The summed E-state index contributed by atoms with van der Waals surface area (Å²) in [6.07, 6.45) is 3.83. The molecule has 0 bridgehead atoms. The highest BCUT2D eigenvalue weighted by Crippen LogP contribution is 2.31. The van der Waals surface area contributed by atoms with Crippen molar-refractivity contribution in [1.82, 2.24) is 14.7 Å². The predicted molar refractivity (Wildman–Crippen MR) is 127 cm³/mol. The number of carbonyl (C=O) groups is 4. The van der Waals surface area contributed by atoms with Crippen LogP contribution in [-0.2, 0) is 20.8 Å². The summed E-state index contributed by atoms with van der Waals surface area (Å²) < 4.78 is 10.5. The summed E-state index contributed by atoms with van der Waals surface area (Å²) in [5.41, 5.74) is 1.15. The van der Waals surface area contributed by atoms with Gasteiger partial charge in [0.1, 0.15) is 12.2 Å². The molecule has 9 heteroatoms. The van der Waals surface area contributed by atoms with E-state index in [2.05, 4.69) is 0 Å². The summed E-state index contributed by atoms with van der Waals surface area (Å²) in [5, 5.41) is 0. The van der Waals surface area contributed by atoms with Crippen LogP contribution in [0.15, 0.2) is 36.4 Å². The number of nitrogens with zero attached hydrogens (tertiary/aromatic N) is 3. The molecular weight excluding hydrogens is 450 g/mol. The van der Waals surface area contributed by atoms with Gasteiger partial charge >= 0.3 is 12.2 Å². The Hall–Kier alpha value is -3.36. The molecule has 0 aliphatic carbocycles. The van der Waals surface area contributed by atoms with E-state index < -0.39 is 23.7 Å². The zero-order chi connectivity index (χ0) is 25.2. The number of fused-ring (bicyclic) bond motifs is 1. The highest BCUT2D eigenvalue weighted by atomic mass is 16.6. The SMILES string of the molecule is CC(C)(C)OC(=O)N1CCC(C(C/C=C/CN2Cc3ccccc3C2=O)C(=O)N2CCOC2=O)C1. The van der Waals surface area contributed by atoms with Crippen molar-refractivity contribution in [2.24, 2.45) is 11.8 Å². The molecule has 1 aromatic carbocycles. The lowest BCUT2D eigenvalue weighted by Crippen LogP contribution is -2.41. The zero-order valence-corrected chi connectivity index (χ0v) is 20.6. The van der Waals surface area contributed by atoms with Gasteiger partial charge in [0, 0.05) is 37.7 Å². The Balaban J connectivity index is 1.40. The molecule has 0 N–H and O–H groups in total. The molecule has 0 radical (unpaired) electrons. The number of hydrogen-bond donors (Lipinski definition) is 0. The van der Waals surface area contributed by atoms with Gasteiger partial charge in [0.25, 0.3) is 5.91 Å². The van der Waals surface area contributed by atoms with Crippen molar-refractivity contribution in [3.63, 3.8) is 0 Å². The Labute approximate surface area is 205 Å². The number of likely N-dealkylation sites (tertiary alicyclic amines) is 1. The van der Waals surface area contributed by atoms with Gasteiger partial charge in [-0.05, 0) is 51.2 Å². The molecule has 3 aliphatic rings. The van der Waals surface area contributed by atoms with Crippen LogP contribution in [-0.4, -0.2) is 77.1 Å². The van der Waals surface area contributed by atoms with Gasteiger partial charge in [-0.15, -0.1) is 0 Å². The van der Waals surface area contributed by atoms with Crippen molar-refractivity contribution < 1.29 is 28.7 Å². The van der Waals surface area contributed by atoms with Crippen LogP contribution in [0, 0.1) is 11.8 Å². The Bertz CT molecular complexity index is 1030. The minimum absolute atomic E-state index is 0.00137. The van der Waals surface area contributed by atoms with Gasteiger partial charge in [0.15, 0.2) is 0 Å². The smallest absolute Gasteiger partial charge is 0.416 e. The summed E-state index contributed by atoms with van der Waals surface area (Å²) in [5.74, 6) is -0.860. The monoisotopic (exact) mass is 483 g/mol. The molecule has 4 amide bonds. The number of hydrogen-bond acceptors (Lipinski definition) is 6. The van der Waals surface area contributed by atoms with Gasteiger partial charge in [-0.1, -0.05) is 30.4 Å². The molecule has 4 rings (SSSR count). The zero-order valence-electron chi connectivity index (χ0n) is 20.6. The summed E-state index contributed by atoms with van der Waals surface area (Å²) in [7, 11) is 0. The quantitative estimate of drug-likeness (QED) is 0.575. The number of carbonyl (C=O) groups excluding carboxylic acids is 4. The number of allylic oxidation sites excluding steroid dienone is 1. The fourth-order valence-corrected chi connectivity index (χ4v) is 4.80. The van der Waals surface area contributed by atoms with E-state index in [0.29, 0.717) is 39.0 Å². The lowest BCUT2D eigenvalue weighted by Gasteiger charge is -2.26. The summed E-state index contributed by atoms with van der Waals surface area (Å²) >= 11 is 0. The van der Waals surface area contributed by atoms with Crippen molar-refractivity contribution in [3.05, 3.63) is 47.5 Å². The summed E-state index contributed by atoms with van der Waals surface area (Å²) in [6, 6.07) is 7.57. The van der Waals surface area contributed by atoms with Crippen molar-refractivity contribution in [1.29, 1.82) is 0 Å². The van der Waals surface area contributed by atoms with Crippen molar-refractivity contribution in [3.8, 4) is 0 Å². The first-order valence-corrected chi connectivity index (χ1v) is 12.1. The standard InChI is InChI=1S/C26H33N3O6/c1-26(2,3)35-24(32)28-13-11-19(17-28)21(23(31)29-14-15-34-25(29)33)10-6-7-12-27-16-18-8-4-5-9-20(18)22(27)30/h4-9,19,21H,10-17H2,1-3H3/b7-6+. The fraction of sp³-hybridized carbons (Fsp3) is 0.538.